The average molecular weight is 359 g/mol. The molecule has 3 N–H and O–H groups in total. The number of benzene rings is 2. The van der Waals surface area contributed by atoms with Crippen LogP contribution in [0.15, 0.2) is 60.7 Å². The van der Waals surface area contributed by atoms with Crippen LogP contribution in [0.2, 0.25) is 0 Å². The average Bonchev–Trinajstić information content (AvgIpc) is 3.13. The molecular weight excluding hydrogens is 342 g/mol. The molecule has 0 saturated carbocycles. The highest BCUT2D eigenvalue weighted by atomic mass is 16.2. The summed E-state index contributed by atoms with van der Waals surface area (Å²) >= 11 is 0. The van der Waals surface area contributed by atoms with E-state index in [-0.39, 0.29) is 18.0 Å². The number of nitrogens with zero attached hydrogens (tertiary/aromatic N) is 2. The molecule has 0 bridgehead atoms. The molecule has 0 aliphatic rings. The van der Waals surface area contributed by atoms with Gasteiger partial charge in [0.1, 0.15) is 11.5 Å². The lowest BCUT2D eigenvalue weighted by atomic mass is 10.2. The van der Waals surface area contributed by atoms with E-state index < -0.39 is 5.91 Å². The standard InChI is InChI=1S/C20H17N5O2/c26-19(12-11-18-22-15-7-3-4-8-16(15)23-18)24-25-20(27)17-10-9-13-5-1-2-6-14(13)21-17/h1-10H,11-12H2,(H,22,23)(H,24,26)(H,25,27). The summed E-state index contributed by atoms with van der Waals surface area (Å²) in [6.45, 7) is 0. The lowest BCUT2D eigenvalue weighted by Crippen LogP contribution is -2.42. The monoisotopic (exact) mass is 359 g/mol. The Morgan fingerprint density at radius 3 is 2.48 bits per heavy atom. The van der Waals surface area contributed by atoms with Crippen LogP contribution in [0.25, 0.3) is 21.9 Å². The van der Waals surface area contributed by atoms with Crippen molar-refractivity contribution >= 4 is 33.8 Å². The van der Waals surface area contributed by atoms with E-state index >= 15 is 0 Å². The number of aromatic amines is 1. The zero-order valence-corrected chi connectivity index (χ0v) is 14.4. The van der Waals surface area contributed by atoms with Crippen LogP contribution in [0, 0.1) is 0 Å². The third-order valence-corrected chi connectivity index (χ3v) is 4.17. The highest BCUT2D eigenvalue weighted by Crippen LogP contribution is 2.12. The molecule has 0 fully saturated rings. The molecule has 0 aliphatic carbocycles. The summed E-state index contributed by atoms with van der Waals surface area (Å²) in [4.78, 5) is 36.1. The van der Waals surface area contributed by atoms with Crippen molar-refractivity contribution in [2.45, 2.75) is 12.8 Å². The first-order chi connectivity index (χ1) is 13.2. The summed E-state index contributed by atoms with van der Waals surface area (Å²) in [6.07, 6.45) is 0.649. The Hall–Kier alpha value is -3.74. The van der Waals surface area contributed by atoms with E-state index in [1.165, 1.54) is 0 Å². The van der Waals surface area contributed by atoms with Gasteiger partial charge in [0, 0.05) is 18.2 Å². The number of hydrogen-bond acceptors (Lipinski definition) is 4. The molecule has 2 aromatic heterocycles. The van der Waals surface area contributed by atoms with Gasteiger partial charge < -0.3 is 4.98 Å². The molecule has 7 heteroatoms. The second kappa shape index (κ2) is 7.25. The lowest BCUT2D eigenvalue weighted by molar-refractivity contribution is -0.121. The number of amides is 2. The van der Waals surface area contributed by atoms with Gasteiger partial charge in [-0.2, -0.15) is 0 Å². The fourth-order valence-electron chi connectivity index (χ4n) is 2.80. The Balaban J connectivity index is 1.32. The van der Waals surface area contributed by atoms with Crippen LogP contribution in [0.5, 0.6) is 0 Å². The number of para-hydroxylation sites is 3. The maximum Gasteiger partial charge on any atom is 0.288 e. The minimum atomic E-state index is -0.460. The van der Waals surface area contributed by atoms with Crippen LogP contribution < -0.4 is 10.9 Å². The minimum absolute atomic E-state index is 0.200. The van der Waals surface area contributed by atoms with Gasteiger partial charge >= 0.3 is 0 Å². The van der Waals surface area contributed by atoms with Crippen LogP contribution >= 0.6 is 0 Å². The van der Waals surface area contributed by atoms with Gasteiger partial charge in [0.25, 0.3) is 5.91 Å². The zero-order valence-electron chi connectivity index (χ0n) is 14.4. The molecule has 7 nitrogen and oxygen atoms in total. The van der Waals surface area contributed by atoms with Crippen LogP contribution in [0.4, 0.5) is 0 Å². The van der Waals surface area contributed by atoms with Crippen molar-refractivity contribution < 1.29 is 9.59 Å². The molecule has 0 atom stereocenters. The van der Waals surface area contributed by atoms with E-state index in [0.717, 1.165) is 27.8 Å². The van der Waals surface area contributed by atoms with E-state index in [2.05, 4.69) is 25.8 Å². The van der Waals surface area contributed by atoms with Crippen molar-refractivity contribution in [3.63, 3.8) is 0 Å². The first-order valence-electron chi connectivity index (χ1n) is 8.58. The highest BCUT2D eigenvalue weighted by molar-refractivity contribution is 5.95. The van der Waals surface area contributed by atoms with Crippen LogP contribution in [-0.2, 0) is 11.2 Å². The highest BCUT2D eigenvalue weighted by Gasteiger charge is 2.10. The van der Waals surface area contributed by atoms with Gasteiger partial charge in [-0.15, -0.1) is 0 Å². The molecule has 2 amide bonds. The number of nitrogens with one attached hydrogen (secondary N) is 3. The molecule has 4 rings (SSSR count). The molecule has 27 heavy (non-hydrogen) atoms. The Labute approximate surface area is 154 Å². The molecule has 0 aliphatic heterocycles. The zero-order chi connectivity index (χ0) is 18.6. The Bertz CT molecular complexity index is 1100. The van der Waals surface area contributed by atoms with Crippen LogP contribution in [0.3, 0.4) is 0 Å². The van der Waals surface area contributed by atoms with Crippen LogP contribution in [0.1, 0.15) is 22.7 Å². The van der Waals surface area contributed by atoms with Crippen molar-refractivity contribution in [2.75, 3.05) is 0 Å². The molecule has 2 heterocycles. The summed E-state index contributed by atoms with van der Waals surface area (Å²) in [7, 11) is 0. The van der Waals surface area contributed by atoms with E-state index in [4.69, 9.17) is 0 Å². The largest absolute Gasteiger partial charge is 0.342 e. The number of carbonyl (C=O) groups excluding carboxylic acids is 2. The molecule has 0 unspecified atom stereocenters. The van der Waals surface area contributed by atoms with Gasteiger partial charge in [-0.3, -0.25) is 20.4 Å². The normalized spacial score (nSPS) is 10.8. The third kappa shape index (κ3) is 3.77. The number of hydrazine groups is 1. The fourth-order valence-corrected chi connectivity index (χ4v) is 2.80. The summed E-state index contributed by atoms with van der Waals surface area (Å²) in [5, 5.41) is 0.948. The van der Waals surface area contributed by atoms with E-state index in [1.54, 1.807) is 6.07 Å². The lowest BCUT2D eigenvalue weighted by Gasteiger charge is -2.07. The van der Waals surface area contributed by atoms with Gasteiger partial charge in [0.05, 0.1) is 16.6 Å². The Kier molecular flexibility index (Phi) is 4.49. The Morgan fingerprint density at radius 2 is 1.63 bits per heavy atom. The van der Waals surface area contributed by atoms with E-state index in [1.807, 2.05) is 54.6 Å². The summed E-state index contributed by atoms with van der Waals surface area (Å²) < 4.78 is 0. The van der Waals surface area contributed by atoms with Gasteiger partial charge in [-0.25, -0.2) is 9.97 Å². The quantitative estimate of drug-likeness (QED) is 0.488. The SMILES string of the molecule is O=C(CCc1nc2ccccc2[nH]1)NNC(=O)c1ccc2ccccc2n1. The number of imidazole rings is 1. The molecule has 134 valence electrons. The first kappa shape index (κ1) is 16.7. The van der Waals surface area contributed by atoms with Crippen molar-refractivity contribution in [2.24, 2.45) is 0 Å². The summed E-state index contributed by atoms with van der Waals surface area (Å²) in [5.74, 6) is -0.0312. The van der Waals surface area contributed by atoms with E-state index in [9.17, 15) is 9.59 Å². The number of aryl methyl sites for hydroxylation is 1. The number of pyridine rings is 1. The van der Waals surface area contributed by atoms with E-state index in [0.29, 0.717) is 6.42 Å². The molecule has 4 aromatic rings. The van der Waals surface area contributed by atoms with Gasteiger partial charge in [0.2, 0.25) is 5.91 Å². The minimum Gasteiger partial charge on any atom is -0.342 e. The topological polar surface area (TPSA) is 99.8 Å². The first-order valence-corrected chi connectivity index (χ1v) is 8.58. The van der Waals surface area contributed by atoms with Crippen molar-refractivity contribution in [1.29, 1.82) is 0 Å². The number of aromatic nitrogens is 3. The fraction of sp³-hybridized carbons (Fsp3) is 0.100. The van der Waals surface area contributed by atoms with Crippen molar-refractivity contribution in [3.05, 3.63) is 72.2 Å². The van der Waals surface area contributed by atoms with Crippen LogP contribution in [-0.4, -0.2) is 26.8 Å². The van der Waals surface area contributed by atoms with Crippen molar-refractivity contribution in [3.8, 4) is 0 Å². The second-order valence-corrected chi connectivity index (χ2v) is 6.09. The molecule has 0 spiro atoms. The number of fused-ring (bicyclic) bond motifs is 2. The maximum atomic E-state index is 12.2. The van der Waals surface area contributed by atoms with Gasteiger partial charge in [-0.1, -0.05) is 36.4 Å². The number of hydrogen-bond donors (Lipinski definition) is 3. The molecule has 2 aromatic carbocycles. The predicted molar refractivity (Wildman–Crippen MR) is 102 cm³/mol. The predicted octanol–water partition coefficient (Wildman–Crippen LogP) is 2.50. The number of carbonyl (C=O) groups is 2. The van der Waals surface area contributed by atoms with Gasteiger partial charge in [0.15, 0.2) is 0 Å². The Morgan fingerprint density at radius 1 is 0.852 bits per heavy atom. The maximum absolute atomic E-state index is 12.2. The number of rotatable bonds is 4. The number of H-pyrrole nitrogens is 1. The summed E-state index contributed by atoms with van der Waals surface area (Å²) in [6, 6.07) is 18.6. The van der Waals surface area contributed by atoms with Crippen molar-refractivity contribution in [1.82, 2.24) is 25.8 Å². The third-order valence-electron chi connectivity index (χ3n) is 4.17. The molecule has 0 saturated heterocycles. The second-order valence-electron chi connectivity index (χ2n) is 6.09. The van der Waals surface area contributed by atoms with Gasteiger partial charge in [-0.05, 0) is 24.3 Å². The smallest absolute Gasteiger partial charge is 0.288 e. The molecule has 0 radical (unpaired) electrons. The molecular formula is C20H17N5O2. The summed E-state index contributed by atoms with van der Waals surface area (Å²) in [5.41, 5.74) is 7.57.